The van der Waals surface area contributed by atoms with Crippen molar-refractivity contribution in [2.24, 2.45) is 5.84 Å². The summed E-state index contributed by atoms with van der Waals surface area (Å²) in [4.78, 5) is 1.17. The third-order valence-corrected chi connectivity index (χ3v) is 5.33. The molecule has 3 N–H and O–H groups in total. The minimum Gasteiger partial charge on any atom is -0.271 e. The molecule has 1 unspecified atom stereocenters. The maximum atomic E-state index is 13.3. The number of nitrogens with two attached hydrogens (primary N) is 1. The first kappa shape index (κ1) is 14.7. The van der Waals surface area contributed by atoms with Gasteiger partial charge in [-0.15, -0.1) is 11.3 Å². The molecule has 1 heterocycles. The summed E-state index contributed by atoms with van der Waals surface area (Å²) < 4.78 is 14.4. The van der Waals surface area contributed by atoms with Crippen molar-refractivity contribution in [3.05, 3.63) is 46.6 Å². The number of allylic oxidation sites excluding steroid dienone is 1. The number of hydrogen-bond donors (Lipinski definition) is 2. The van der Waals surface area contributed by atoms with Gasteiger partial charge in [0.15, 0.2) is 0 Å². The molecule has 2 nitrogen and oxygen atoms in total. The van der Waals surface area contributed by atoms with E-state index in [9.17, 15) is 4.39 Å². The van der Waals surface area contributed by atoms with Crippen molar-refractivity contribution in [1.82, 2.24) is 5.43 Å². The van der Waals surface area contributed by atoms with Crippen LogP contribution in [0.2, 0.25) is 0 Å². The summed E-state index contributed by atoms with van der Waals surface area (Å²) >= 11 is 1.69. The summed E-state index contributed by atoms with van der Waals surface area (Å²) in [6.07, 6.45) is 9.68. The third kappa shape index (κ3) is 3.34. The fourth-order valence-electron chi connectivity index (χ4n) is 3.03. The second-order valence-corrected chi connectivity index (χ2v) is 6.78. The summed E-state index contributed by atoms with van der Waals surface area (Å²) in [5.74, 6) is 5.63. The highest BCUT2D eigenvalue weighted by molar-refractivity contribution is 7.19. The van der Waals surface area contributed by atoms with Crippen molar-refractivity contribution < 1.29 is 4.39 Å². The van der Waals surface area contributed by atoms with E-state index in [4.69, 9.17) is 5.84 Å². The molecule has 1 atom stereocenters. The van der Waals surface area contributed by atoms with E-state index in [1.807, 2.05) is 6.07 Å². The molecule has 0 amide bonds. The van der Waals surface area contributed by atoms with Crippen molar-refractivity contribution in [3.63, 3.8) is 0 Å². The van der Waals surface area contributed by atoms with Gasteiger partial charge in [0.25, 0.3) is 0 Å². The normalized spacial score (nSPS) is 20.6. The van der Waals surface area contributed by atoms with Crippen LogP contribution in [-0.4, -0.2) is 0 Å². The first-order chi connectivity index (χ1) is 10.3. The van der Waals surface area contributed by atoms with Crippen molar-refractivity contribution in [3.8, 4) is 0 Å². The average Bonchev–Trinajstić information content (AvgIpc) is 2.84. The van der Waals surface area contributed by atoms with Gasteiger partial charge in [0, 0.05) is 9.58 Å². The zero-order valence-corrected chi connectivity index (χ0v) is 12.9. The third-order valence-electron chi connectivity index (χ3n) is 4.15. The number of halogens is 1. The van der Waals surface area contributed by atoms with E-state index < -0.39 is 0 Å². The smallest absolute Gasteiger partial charge is 0.123 e. The summed E-state index contributed by atoms with van der Waals surface area (Å²) in [6, 6.07) is 7.08. The molecule has 112 valence electrons. The van der Waals surface area contributed by atoms with Crippen LogP contribution in [0.3, 0.4) is 0 Å². The highest BCUT2D eigenvalue weighted by atomic mass is 32.1. The summed E-state index contributed by atoms with van der Waals surface area (Å²) in [5.41, 5.74) is 4.34. The van der Waals surface area contributed by atoms with Crippen LogP contribution in [0.25, 0.3) is 10.1 Å². The molecule has 4 heteroatoms. The molecule has 1 aromatic heterocycles. The van der Waals surface area contributed by atoms with Crippen LogP contribution in [0.4, 0.5) is 4.39 Å². The quantitative estimate of drug-likeness (QED) is 0.484. The van der Waals surface area contributed by atoms with Crippen LogP contribution in [-0.2, 0) is 0 Å². The summed E-state index contributed by atoms with van der Waals surface area (Å²) in [7, 11) is 0. The van der Waals surface area contributed by atoms with Crippen LogP contribution >= 0.6 is 11.3 Å². The summed E-state index contributed by atoms with van der Waals surface area (Å²) in [6.45, 7) is 0. The van der Waals surface area contributed by atoms with E-state index in [1.165, 1.54) is 42.2 Å². The van der Waals surface area contributed by atoms with Gasteiger partial charge in [-0.1, -0.05) is 24.5 Å². The van der Waals surface area contributed by atoms with Gasteiger partial charge in [-0.05, 0) is 55.3 Å². The van der Waals surface area contributed by atoms with E-state index >= 15 is 0 Å². The molecule has 1 aliphatic rings. The number of fused-ring (bicyclic) bond motifs is 1. The molecule has 2 aromatic rings. The Kier molecular flexibility index (Phi) is 4.68. The number of hydrogen-bond acceptors (Lipinski definition) is 3. The van der Waals surface area contributed by atoms with Crippen molar-refractivity contribution in [2.45, 2.75) is 44.6 Å². The topological polar surface area (TPSA) is 38.0 Å². The molecule has 0 spiro atoms. The SMILES string of the molecule is NNC(/C1=C/CCCCCC1)c1cc2cc(F)ccc2s1. The van der Waals surface area contributed by atoms with Gasteiger partial charge in [0.1, 0.15) is 5.82 Å². The largest absolute Gasteiger partial charge is 0.271 e. The number of benzene rings is 1. The maximum absolute atomic E-state index is 13.3. The first-order valence-electron chi connectivity index (χ1n) is 7.62. The van der Waals surface area contributed by atoms with Gasteiger partial charge in [-0.2, -0.15) is 0 Å². The lowest BCUT2D eigenvalue weighted by atomic mass is 9.94. The Bertz CT molecular complexity index is 647. The van der Waals surface area contributed by atoms with E-state index in [2.05, 4.69) is 17.6 Å². The molecule has 0 saturated heterocycles. The van der Waals surface area contributed by atoms with Crippen molar-refractivity contribution in [2.75, 3.05) is 0 Å². The monoisotopic (exact) mass is 304 g/mol. The molecular weight excluding hydrogens is 283 g/mol. The average molecular weight is 304 g/mol. The Morgan fingerprint density at radius 3 is 2.86 bits per heavy atom. The zero-order valence-electron chi connectivity index (χ0n) is 12.1. The van der Waals surface area contributed by atoms with Crippen molar-refractivity contribution >= 4 is 21.4 Å². The van der Waals surface area contributed by atoms with Crippen LogP contribution in [0, 0.1) is 5.82 Å². The minimum absolute atomic E-state index is 0.0589. The second kappa shape index (κ2) is 6.69. The zero-order chi connectivity index (χ0) is 14.7. The Hall–Kier alpha value is -1.23. The van der Waals surface area contributed by atoms with Gasteiger partial charge in [0.2, 0.25) is 0 Å². The molecule has 1 aliphatic carbocycles. The lowest BCUT2D eigenvalue weighted by molar-refractivity contribution is 0.560. The Balaban J connectivity index is 1.93. The van der Waals surface area contributed by atoms with Gasteiger partial charge in [0.05, 0.1) is 6.04 Å². The number of nitrogens with one attached hydrogen (secondary N) is 1. The molecule has 3 rings (SSSR count). The van der Waals surface area contributed by atoms with Gasteiger partial charge < -0.3 is 0 Å². The molecule has 0 fully saturated rings. The molecule has 0 saturated carbocycles. The fourth-order valence-corrected chi connectivity index (χ4v) is 4.18. The molecular formula is C17H21FN2S. The highest BCUT2D eigenvalue weighted by Gasteiger charge is 2.18. The van der Waals surface area contributed by atoms with E-state index in [0.717, 1.165) is 22.9 Å². The first-order valence-corrected chi connectivity index (χ1v) is 8.43. The lowest BCUT2D eigenvalue weighted by Gasteiger charge is -2.20. The minimum atomic E-state index is -0.186. The van der Waals surface area contributed by atoms with E-state index in [-0.39, 0.29) is 11.9 Å². The fraction of sp³-hybridized carbons (Fsp3) is 0.412. The molecule has 1 aromatic carbocycles. The van der Waals surface area contributed by atoms with Crippen LogP contribution in [0.15, 0.2) is 35.9 Å². The van der Waals surface area contributed by atoms with Crippen molar-refractivity contribution in [1.29, 1.82) is 0 Å². The molecule has 0 bridgehead atoms. The van der Waals surface area contributed by atoms with Gasteiger partial charge in [-0.25, -0.2) is 9.82 Å². The predicted octanol–water partition coefficient (Wildman–Crippen LogP) is 4.83. The summed E-state index contributed by atoms with van der Waals surface area (Å²) in [5, 5.41) is 0.960. The maximum Gasteiger partial charge on any atom is 0.123 e. The standard InChI is InChI=1S/C17H21FN2S/c18-14-8-9-15-13(10-14)11-16(21-15)17(20-19)12-6-4-2-1-3-5-7-12/h6,8-11,17,20H,1-5,7,19H2/b12-6+. The second-order valence-electron chi connectivity index (χ2n) is 5.66. The van der Waals surface area contributed by atoms with Crippen LogP contribution < -0.4 is 11.3 Å². The van der Waals surface area contributed by atoms with E-state index in [1.54, 1.807) is 17.4 Å². The lowest BCUT2D eigenvalue weighted by Crippen LogP contribution is -2.29. The molecule has 0 radical (unpaired) electrons. The highest BCUT2D eigenvalue weighted by Crippen LogP contribution is 2.35. The number of hydrazine groups is 1. The van der Waals surface area contributed by atoms with E-state index in [0.29, 0.717) is 0 Å². The van der Waals surface area contributed by atoms with Gasteiger partial charge >= 0.3 is 0 Å². The van der Waals surface area contributed by atoms with Crippen LogP contribution in [0.5, 0.6) is 0 Å². The number of rotatable bonds is 3. The Labute approximate surface area is 128 Å². The van der Waals surface area contributed by atoms with Crippen LogP contribution in [0.1, 0.15) is 49.4 Å². The Morgan fingerprint density at radius 1 is 1.14 bits per heavy atom. The number of thiophene rings is 1. The molecule has 21 heavy (non-hydrogen) atoms. The predicted molar refractivity (Wildman–Crippen MR) is 87.6 cm³/mol. The van der Waals surface area contributed by atoms with Gasteiger partial charge in [-0.3, -0.25) is 5.84 Å². The molecule has 0 aliphatic heterocycles. The Morgan fingerprint density at radius 2 is 2.00 bits per heavy atom.